The first-order valence-electron chi connectivity index (χ1n) is 5.26. The van der Waals surface area contributed by atoms with Crippen LogP contribution in [0.15, 0.2) is 0 Å². The van der Waals surface area contributed by atoms with E-state index in [-0.39, 0.29) is 0 Å². The zero-order valence-corrected chi connectivity index (χ0v) is 8.59. The molecule has 1 aliphatic rings. The third-order valence-electron chi connectivity index (χ3n) is 3.39. The van der Waals surface area contributed by atoms with Crippen molar-refractivity contribution >= 4 is 0 Å². The molecule has 0 amide bonds. The molecule has 1 aliphatic carbocycles. The molecule has 12 heavy (non-hydrogen) atoms. The fourth-order valence-electron chi connectivity index (χ4n) is 2.61. The van der Waals surface area contributed by atoms with Gasteiger partial charge in [0.05, 0.1) is 0 Å². The minimum absolute atomic E-state index is 0.396. The monoisotopic (exact) mass is 170 g/mol. The number of hydrogen-bond acceptors (Lipinski definition) is 1. The van der Waals surface area contributed by atoms with Gasteiger partial charge in [0.2, 0.25) is 0 Å². The average Bonchev–Trinajstić information content (AvgIpc) is 2.03. The van der Waals surface area contributed by atoms with Crippen molar-refractivity contribution in [3.05, 3.63) is 0 Å². The minimum atomic E-state index is 0.396. The number of hydrogen-bond donors (Lipinski definition) is 1. The Morgan fingerprint density at radius 2 is 2.00 bits per heavy atom. The fourth-order valence-corrected chi connectivity index (χ4v) is 2.61. The summed E-state index contributed by atoms with van der Waals surface area (Å²) in [7, 11) is 0. The summed E-state index contributed by atoms with van der Waals surface area (Å²) in [6, 6.07) is 0. The molecule has 72 valence electrons. The summed E-state index contributed by atoms with van der Waals surface area (Å²) in [4.78, 5) is 0. The van der Waals surface area contributed by atoms with E-state index in [1.807, 2.05) is 0 Å². The van der Waals surface area contributed by atoms with Crippen LogP contribution in [-0.4, -0.2) is 11.7 Å². The van der Waals surface area contributed by atoms with Crippen LogP contribution >= 0.6 is 0 Å². The van der Waals surface area contributed by atoms with Crippen LogP contribution in [0.4, 0.5) is 0 Å². The quantitative estimate of drug-likeness (QED) is 0.675. The first-order valence-corrected chi connectivity index (χ1v) is 5.26. The molecule has 3 atom stereocenters. The standard InChI is InChI=1S/C11H22O/c1-8(2)11-5-4-9(3)6-10(11)7-12/h8-12H,4-7H2,1-3H3/t9-,10-,11+/m1/s1. The first kappa shape index (κ1) is 10.0. The average molecular weight is 170 g/mol. The van der Waals surface area contributed by atoms with Crippen molar-refractivity contribution in [1.82, 2.24) is 0 Å². The van der Waals surface area contributed by atoms with Crippen molar-refractivity contribution in [1.29, 1.82) is 0 Å². The predicted molar refractivity (Wildman–Crippen MR) is 51.9 cm³/mol. The van der Waals surface area contributed by atoms with Crippen molar-refractivity contribution in [2.45, 2.75) is 40.0 Å². The highest BCUT2D eigenvalue weighted by atomic mass is 16.3. The molecular formula is C11H22O. The lowest BCUT2D eigenvalue weighted by Crippen LogP contribution is -2.29. The Kier molecular flexibility index (Phi) is 3.57. The van der Waals surface area contributed by atoms with Crippen LogP contribution in [0.3, 0.4) is 0 Å². The molecule has 0 radical (unpaired) electrons. The summed E-state index contributed by atoms with van der Waals surface area (Å²) < 4.78 is 0. The van der Waals surface area contributed by atoms with Crippen molar-refractivity contribution in [2.75, 3.05) is 6.61 Å². The molecule has 0 aromatic rings. The lowest BCUT2D eigenvalue weighted by molar-refractivity contribution is 0.0834. The summed E-state index contributed by atoms with van der Waals surface area (Å²) in [5.74, 6) is 2.92. The highest BCUT2D eigenvalue weighted by molar-refractivity contribution is 4.79. The summed E-state index contributed by atoms with van der Waals surface area (Å²) in [6.45, 7) is 7.26. The van der Waals surface area contributed by atoms with E-state index < -0.39 is 0 Å². The Hall–Kier alpha value is -0.0400. The van der Waals surface area contributed by atoms with Gasteiger partial charge in [0, 0.05) is 6.61 Å². The van der Waals surface area contributed by atoms with Crippen molar-refractivity contribution in [3.8, 4) is 0 Å². The van der Waals surface area contributed by atoms with Crippen molar-refractivity contribution in [3.63, 3.8) is 0 Å². The van der Waals surface area contributed by atoms with Gasteiger partial charge in [-0.2, -0.15) is 0 Å². The van der Waals surface area contributed by atoms with E-state index in [0.717, 1.165) is 17.8 Å². The number of aliphatic hydroxyl groups is 1. The topological polar surface area (TPSA) is 20.2 Å². The Bertz CT molecular complexity index is 131. The first-order chi connectivity index (χ1) is 5.65. The zero-order valence-electron chi connectivity index (χ0n) is 8.59. The van der Waals surface area contributed by atoms with Crippen LogP contribution in [0.1, 0.15) is 40.0 Å². The van der Waals surface area contributed by atoms with E-state index in [0.29, 0.717) is 12.5 Å². The van der Waals surface area contributed by atoms with Crippen LogP contribution in [0, 0.1) is 23.7 Å². The zero-order chi connectivity index (χ0) is 9.14. The highest BCUT2D eigenvalue weighted by Crippen LogP contribution is 2.37. The minimum Gasteiger partial charge on any atom is -0.396 e. The van der Waals surface area contributed by atoms with E-state index in [1.54, 1.807) is 0 Å². The second-order valence-electron chi connectivity index (χ2n) is 4.77. The van der Waals surface area contributed by atoms with Gasteiger partial charge in [-0.15, -0.1) is 0 Å². The molecule has 0 aromatic carbocycles. The van der Waals surface area contributed by atoms with Gasteiger partial charge in [-0.1, -0.05) is 27.2 Å². The Morgan fingerprint density at radius 3 is 2.50 bits per heavy atom. The lowest BCUT2D eigenvalue weighted by Gasteiger charge is -2.36. The molecule has 1 saturated carbocycles. The summed E-state index contributed by atoms with van der Waals surface area (Å²) in [6.07, 6.45) is 3.92. The van der Waals surface area contributed by atoms with Gasteiger partial charge in [0.15, 0.2) is 0 Å². The van der Waals surface area contributed by atoms with Gasteiger partial charge in [0.25, 0.3) is 0 Å². The molecule has 0 unspecified atom stereocenters. The Balaban J connectivity index is 2.50. The van der Waals surface area contributed by atoms with Crippen molar-refractivity contribution in [2.24, 2.45) is 23.7 Å². The maximum atomic E-state index is 9.23. The molecular weight excluding hydrogens is 148 g/mol. The van der Waals surface area contributed by atoms with Crippen LogP contribution in [0.5, 0.6) is 0 Å². The van der Waals surface area contributed by atoms with Gasteiger partial charge in [-0.3, -0.25) is 0 Å². The maximum absolute atomic E-state index is 9.23. The number of rotatable bonds is 2. The summed E-state index contributed by atoms with van der Waals surface area (Å²) >= 11 is 0. The van der Waals surface area contributed by atoms with E-state index in [1.165, 1.54) is 19.3 Å². The van der Waals surface area contributed by atoms with Crippen LogP contribution in [0.2, 0.25) is 0 Å². The molecule has 1 heteroatoms. The fraction of sp³-hybridized carbons (Fsp3) is 1.00. The molecule has 0 heterocycles. The second-order valence-corrected chi connectivity index (χ2v) is 4.77. The summed E-state index contributed by atoms with van der Waals surface area (Å²) in [5, 5.41) is 9.23. The van der Waals surface area contributed by atoms with Gasteiger partial charge >= 0.3 is 0 Å². The molecule has 1 N–H and O–H groups in total. The normalized spacial score (nSPS) is 37.2. The molecule has 0 saturated heterocycles. The Morgan fingerprint density at radius 1 is 1.33 bits per heavy atom. The molecule has 1 rings (SSSR count). The van der Waals surface area contributed by atoms with Gasteiger partial charge in [-0.25, -0.2) is 0 Å². The van der Waals surface area contributed by atoms with Crippen LogP contribution in [-0.2, 0) is 0 Å². The second kappa shape index (κ2) is 4.27. The van der Waals surface area contributed by atoms with Crippen LogP contribution in [0.25, 0.3) is 0 Å². The molecule has 0 spiro atoms. The largest absolute Gasteiger partial charge is 0.396 e. The Labute approximate surface area is 76.2 Å². The highest BCUT2D eigenvalue weighted by Gasteiger charge is 2.29. The van der Waals surface area contributed by atoms with Gasteiger partial charge < -0.3 is 5.11 Å². The van der Waals surface area contributed by atoms with Crippen molar-refractivity contribution < 1.29 is 5.11 Å². The number of aliphatic hydroxyl groups excluding tert-OH is 1. The SMILES string of the molecule is CC(C)[C@@H]1CC[C@@H](C)C[C@@H]1CO. The molecule has 0 aliphatic heterocycles. The van der Waals surface area contributed by atoms with E-state index in [9.17, 15) is 5.11 Å². The third-order valence-corrected chi connectivity index (χ3v) is 3.39. The van der Waals surface area contributed by atoms with Gasteiger partial charge in [-0.05, 0) is 36.5 Å². The molecule has 1 nitrogen and oxygen atoms in total. The molecule has 1 fully saturated rings. The van der Waals surface area contributed by atoms with Gasteiger partial charge in [0.1, 0.15) is 0 Å². The third kappa shape index (κ3) is 2.22. The summed E-state index contributed by atoms with van der Waals surface area (Å²) in [5.41, 5.74) is 0. The molecule has 0 bridgehead atoms. The van der Waals surface area contributed by atoms with E-state index in [4.69, 9.17) is 0 Å². The molecule has 0 aromatic heterocycles. The predicted octanol–water partition coefficient (Wildman–Crippen LogP) is 2.69. The lowest BCUT2D eigenvalue weighted by atomic mass is 9.70. The van der Waals surface area contributed by atoms with E-state index >= 15 is 0 Å². The van der Waals surface area contributed by atoms with Crippen LogP contribution < -0.4 is 0 Å². The maximum Gasteiger partial charge on any atom is 0.0462 e. The van der Waals surface area contributed by atoms with E-state index in [2.05, 4.69) is 20.8 Å². The smallest absolute Gasteiger partial charge is 0.0462 e.